The van der Waals surface area contributed by atoms with Crippen LogP contribution in [0.2, 0.25) is 19.6 Å². The van der Waals surface area contributed by atoms with E-state index in [-0.39, 0.29) is 0 Å². The topological polar surface area (TPSA) is 0 Å². The molecule has 0 aliphatic heterocycles. The Balaban J connectivity index is 2.80. The largest absolute Gasteiger partial charge is 0.0740 e. The Morgan fingerprint density at radius 2 is 1.93 bits per heavy atom. The van der Waals surface area contributed by atoms with Gasteiger partial charge in [0.2, 0.25) is 0 Å². The van der Waals surface area contributed by atoms with Gasteiger partial charge in [-0.05, 0) is 26.2 Å². The Kier molecular flexibility index (Phi) is 3.76. The summed E-state index contributed by atoms with van der Waals surface area (Å²) in [5.74, 6) is 0. The first kappa shape index (κ1) is 11.8. The fourth-order valence-electron chi connectivity index (χ4n) is 2.17. The summed E-state index contributed by atoms with van der Waals surface area (Å²) < 4.78 is 0. The Morgan fingerprint density at radius 1 is 1.29 bits per heavy atom. The lowest BCUT2D eigenvalue weighted by molar-refractivity contribution is 0.796. The van der Waals surface area contributed by atoms with E-state index < -0.39 is 8.07 Å². The Bertz CT molecular complexity index is 263. The van der Waals surface area contributed by atoms with Crippen molar-refractivity contribution in [1.29, 1.82) is 0 Å². The van der Waals surface area contributed by atoms with Crippen molar-refractivity contribution in [3.8, 4) is 0 Å². The molecule has 1 heteroatoms. The van der Waals surface area contributed by atoms with Crippen LogP contribution in [-0.2, 0) is 0 Å². The SMILES string of the molecule is CCCCC1=C([Si](C)(C)C)CC(C)=C1. The second kappa shape index (κ2) is 4.48. The fraction of sp³-hybridized carbons (Fsp3) is 0.692. The van der Waals surface area contributed by atoms with Crippen LogP contribution in [-0.4, -0.2) is 8.07 Å². The highest BCUT2D eigenvalue weighted by molar-refractivity contribution is 6.83. The van der Waals surface area contributed by atoms with Gasteiger partial charge in [0.25, 0.3) is 0 Å². The molecule has 0 aromatic rings. The summed E-state index contributed by atoms with van der Waals surface area (Å²) >= 11 is 0. The Morgan fingerprint density at radius 3 is 2.43 bits per heavy atom. The van der Waals surface area contributed by atoms with E-state index in [1.807, 2.05) is 5.20 Å². The Labute approximate surface area is 90.1 Å². The molecule has 0 saturated heterocycles. The third-order valence-electron chi connectivity index (χ3n) is 2.97. The molecule has 0 unspecified atom stereocenters. The summed E-state index contributed by atoms with van der Waals surface area (Å²) in [7, 11) is -1.05. The lowest BCUT2D eigenvalue weighted by Gasteiger charge is -2.21. The molecule has 0 fully saturated rings. The van der Waals surface area contributed by atoms with E-state index in [2.05, 4.69) is 39.6 Å². The van der Waals surface area contributed by atoms with Crippen molar-refractivity contribution in [3.63, 3.8) is 0 Å². The maximum atomic E-state index is 2.47. The van der Waals surface area contributed by atoms with Gasteiger partial charge in [-0.2, -0.15) is 0 Å². The summed E-state index contributed by atoms with van der Waals surface area (Å²) in [5, 5.41) is 1.81. The molecule has 0 bridgehead atoms. The molecule has 0 atom stereocenters. The predicted octanol–water partition coefficient (Wildman–Crippen LogP) is 4.70. The molecule has 0 saturated carbocycles. The van der Waals surface area contributed by atoms with Gasteiger partial charge in [0.15, 0.2) is 0 Å². The summed E-state index contributed by atoms with van der Waals surface area (Å²) in [6, 6.07) is 0. The first-order chi connectivity index (χ1) is 6.45. The van der Waals surface area contributed by atoms with Crippen molar-refractivity contribution >= 4 is 8.07 Å². The van der Waals surface area contributed by atoms with Crippen LogP contribution in [0.1, 0.15) is 39.5 Å². The van der Waals surface area contributed by atoms with Crippen LogP contribution in [0.5, 0.6) is 0 Å². The van der Waals surface area contributed by atoms with Gasteiger partial charge in [0.1, 0.15) is 0 Å². The minimum atomic E-state index is -1.05. The Hall–Kier alpha value is -0.303. The molecule has 0 amide bonds. The highest BCUT2D eigenvalue weighted by atomic mass is 28.3. The van der Waals surface area contributed by atoms with Gasteiger partial charge >= 0.3 is 0 Å². The molecule has 0 radical (unpaired) electrons. The van der Waals surface area contributed by atoms with Gasteiger partial charge in [-0.25, -0.2) is 0 Å². The molecule has 14 heavy (non-hydrogen) atoms. The normalized spacial score (nSPS) is 17.6. The van der Waals surface area contributed by atoms with E-state index in [1.54, 1.807) is 11.1 Å². The van der Waals surface area contributed by atoms with E-state index in [0.29, 0.717) is 0 Å². The number of hydrogen-bond donors (Lipinski definition) is 0. The van der Waals surface area contributed by atoms with E-state index in [1.165, 1.54) is 25.7 Å². The highest BCUT2D eigenvalue weighted by Gasteiger charge is 2.25. The van der Waals surface area contributed by atoms with Crippen LogP contribution in [0.4, 0.5) is 0 Å². The molecule has 1 aliphatic rings. The fourth-order valence-corrected chi connectivity index (χ4v) is 4.13. The minimum absolute atomic E-state index is 1.05. The minimum Gasteiger partial charge on any atom is -0.0740 e. The van der Waals surface area contributed by atoms with E-state index in [4.69, 9.17) is 0 Å². The molecule has 80 valence electrons. The zero-order valence-corrected chi connectivity index (χ0v) is 11.4. The molecule has 0 aromatic heterocycles. The van der Waals surface area contributed by atoms with Crippen molar-refractivity contribution in [1.82, 2.24) is 0 Å². The number of hydrogen-bond acceptors (Lipinski definition) is 0. The van der Waals surface area contributed by atoms with Gasteiger partial charge in [0, 0.05) is 0 Å². The smallest absolute Gasteiger partial charge is 0.0732 e. The molecule has 0 N–H and O–H groups in total. The number of rotatable bonds is 4. The molecular weight excluding hydrogens is 184 g/mol. The maximum Gasteiger partial charge on any atom is 0.0732 e. The first-order valence-corrected chi connectivity index (χ1v) is 9.35. The van der Waals surface area contributed by atoms with Crippen molar-refractivity contribution in [2.75, 3.05) is 0 Å². The number of unbranched alkanes of at least 4 members (excludes halogenated alkanes) is 1. The van der Waals surface area contributed by atoms with Crippen LogP contribution in [0, 0.1) is 0 Å². The van der Waals surface area contributed by atoms with Crippen LogP contribution in [0.25, 0.3) is 0 Å². The standard InChI is InChI=1S/C13H24Si/c1-6-7-8-12-9-11(2)10-13(12)14(3,4)5/h9H,6-8,10H2,1-5H3. The number of allylic oxidation sites excluding steroid dienone is 4. The summed E-state index contributed by atoms with van der Waals surface area (Å²) in [6.07, 6.45) is 7.70. The van der Waals surface area contributed by atoms with Gasteiger partial charge in [-0.3, -0.25) is 0 Å². The van der Waals surface area contributed by atoms with Gasteiger partial charge < -0.3 is 0 Å². The van der Waals surface area contributed by atoms with Crippen molar-refractivity contribution in [2.24, 2.45) is 0 Å². The van der Waals surface area contributed by atoms with Crippen molar-refractivity contribution in [3.05, 3.63) is 22.4 Å². The second-order valence-corrected chi connectivity index (χ2v) is 10.6. The summed E-state index contributed by atoms with van der Waals surface area (Å²) in [4.78, 5) is 0. The molecular formula is C13H24Si. The lowest BCUT2D eigenvalue weighted by Crippen LogP contribution is -2.24. The molecule has 0 heterocycles. The zero-order valence-electron chi connectivity index (χ0n) is 10.4. The molecule has 0 spiro atoms. The predicted molar refractivity (Wildman–Crippen MR) is 68.3 cm³/mol. The van der Waals surface area contributed by atoms with Crippen LogP contribution >= 0.6 is 0 Å². The van der Waals surface area contributed by atoms with Crippen molar-refractivity contribution < 1.29 is 0 Å². The van der Waals surface area contributed by atoms with Crippen LogP contribution < -0.4 is 0 Å². The quantitative estimate of drug-likeness (QED) is 0.587. The van der Waals surface area contributed by atoms with Gasteiger partial charge in [-0.15, -0.1) is 0 Å². The third kappa shape index (κ3) is 2.84. The maximum absolute atomic E-state index is 2.47. The summed E-state index contributed by atoms with van der Waals surface area (Å²) in [6.45, 7) is 12.0. The third-order valence-corrected chi connectivity index (χ3v) is 5.28. The van der Waals surface area contributed by atoms with Crippen molar-refractivity contribution in [2.45, 2.75) is 59.2 Å². The van der Waals surface area contributed by atoms with E-state index >= 15 is 0 Å². The molecule has 0 nitrogen and oxygen atoms in total. The van der Waals surface area contributed by atoms with Crippen LogP contribution in [0.3, 0.4) is 0 Å². The summed E-state index contributed by atoms with van der Waals surface area (Å²) in [5.41, 5.74) is 3.26. The first-order valence-electron chi connectivity index (χ1n) is 5.85. The monoisotopic (exact) mass is 208 g/mol. The lowest BCUT2D eigenvalue weighted by atomic mass is 10.1. The van der Waals surface area contributed by atoms with Crippen LogP contribution in [0.15, 0.2) is 22.4 Å². The molecule has 1 rings (SSSR count). The van der Waals surface area contributed by atoms with Gasteiger partial charge in [0.05, 0.1) is 8.07 Å². The average molecular weight is 208 g/mol. The zero-order chi connectivity index (χ0) is 10.8. The molecule has 0 aromatic carbocycles. The second-order valence-electron chi connectivity index (χ2n) is 5.52. The van der Waals surface area contributed by atoms with Gasteiger partial charge in [-0.1, -0.05) is 55.4 Å². The highest BCUT2D eigenvalue weighted by Crippen LogP contribution is 2.34. The molecule has 1 aliphatic carbocycles. The van der Waals surface area contributed by atoms with E-state index in [0.717, 1.165) is 0 Å². The van der Waals surface area contributed by atoms with E-state index in [9.17, 15) is 0 Å². The average Bonchev–Trinajstić information content (AvgIpc) is 2.42.